The molecule has 1 aromatic heterocycles. The van der Waals surface area contributed by atoms with E-state index in [1.54, 1.807) is 6.92 Å². The predicted molar refractivity (Wildman–Crippen MR) is 104 cm³/mol. The second-order valence-electron chi connectivity index (χ2n) is 6.37. The van der Waals surface area contributed by atoms with Crippen LogP contribution in [-0.4, -0.2) is 56.2 Å². The lowest BCUT2D eigenvalue weighted by atomic mass is 10.1. The lowest BCUT2D eigenvalue weighted by Gasteiger charge is -2.17. The molecule has 150 valence electrons. The van der Waals surface area contributed by atoms with Crippen LogP contribution in [0.5, 0.6) is 0 Å². The van der Waals surface area contributed by atoms with Crippen LogP contribution in [0, 0.1) is 6.92 Å². The van der Waals surface area contributed by atoms with Crippen molar-refractivity contribution in [3.05, 3.63) is 64.5 Å². The number of benzene rings is 1. The maximum atomic E-state index is 12.1. The minimum Gasteiger partial charge on any atom is -0.465 e. The number of esters is 2. The minimum atomic E-state index is -0.572. The third-order valence-electron chi connectivity index (χ3n) is 4.25. The Labute approximate surface area is 165 Å². The Morgan fingerprint density at radius 1 is 1.04 bits per heavy atom. The third kappa shape index (κ3) is 5.87. The van der Waals surface area contributed by atoms with Gasteiger partial charge in [-0.3, -0.25) is 9.88 Å². The molecule has 0 aliphatic rings. The van der Waals surface area contributed by atoms with Crippen molar-refractivity contribution < 1.29 is 23.8 Å². The molecule has 2 aromatic rings. The average Bonchev–Trinajstić information content (AvgIpc) is 2.71. The molecule has 7 nitrogen and oxygen atoms in total. The number of aromatic nitrogens is 1. The highest BCUT2D eigenvalue weighted by Crippen LogP contribution is 2.16. The number of aryl methyl sites for hydroxylation is 1. The van der Waals surface area contributed by atoms with E-state index >= 15 is 0 Å². The lowest BCUT2D eigenvalue weighted by Crippen LogP contribution is -2.23. The summed E-state index contributed by atoms with van der Waals surface area (Å²) < 4.78 is 15.2. The largest absolute Gasteiger partial charge is 0.465 e. The van der Waals surface area contributed by atoms with E-state index in [0.717, 1.165) is 13.1 Å². The lowest BCUT2D eigenvalue weighted by molar-refractivity contribution is 0.0585. The summed E-state index contributed by atoms with van der Waals surface area (Å²) in [5.74, 6) is -1.12. The van der Waals surface area contributed by atoms with Gasteiger partial charge in [-0.25, -0.2) is 9.59 Å². The number of nitrogens with zero attached hydrogens (tertiary/aromatic N) is 2. The van der Waals surface area contributed by atoms with Crippen molar-refractivity contribution in [2.24, 2.45) is 0 Å². The summed E-state index contributed by atoms with van der Waals surface area (Å²) in [7, 11) is 4.58. The van der Waals surface area contributed by atoms with Gasteiger partial charge in [-0.05, 0) is 25.6 Å². The summed E-state index contributed by atoms with van der Waals surface area (Å²) in [4.78, 5) is 30.4. The zero-order valence-electron chi connectivity index (χ0n) is 16.7. The number of ether oxygens (including phenoxy) is 3. The Balaban J connectivity index is 1.98. The van der Waals surface area contributed by atoms with Crippen molar-refractivity contribution in [2.75, 3.05) is 34.4 Å². The van der Waals surface area contributed by atoms with Crippen LogP contribution < -0.4 is 0 Å². The summed E-state index contributed by atoms with van der Waals surface area (Å²) in [5, 5.41) is 0. The Bertz CT molecular complexity index is 808. The number of hydrogen-bond donors (Lipinski definition) is 0. The molecule has 0 bridgehead atoms. The highest BCUT2D eigenvalue weighted by Gasteiger charge is 2.20. The molecule has 28 heavy (non-hydrogen) atoms. The Kier molecular flexibility index (Phi) is 8.10. The van der Waals surface area contributed by atoms with Gasteiger partial charge < -0.3 is 14.2 Å². The second kappa shape index (κ2) is 10.5. The van der Waals surface area contributed by atoms with E-state index in [1.165, 1.54) is 25.8 Å². The fourth-order valence-corrected chi connectivity index (χ4v) is 2.73. The van der Waals surface area contributed by atoms with Gasteiger partial charge in [0.2, 0.25) is 0 Å². The zero-order chi connectivity index (χ0) is 20.5. The number of carbonyl (C=O) groups is 2. The Morgan fingerprint density at radius 3 is 2.32 bits per heavy atom. The van der Waals surface area contributed by atoms with E-state index in [-0.39, 0.29) is 17.7 Å². The quantitative estimate of drug-likeness (QED) is 0.484. The highest BCUT2D eigenvalue weighted by atomic mass is 16.5. The van der Waals surface area contributed by atoms with E-state index in [4.69, 9.17) is 14.2 Å². The van der Waals surface area contributed by atoms with E-state index < -0.39 is 11.9 Å². The number of likely N-dealkylation sites (N-methyl/N-ethyl adjacent to an activating group) is 1. The molecule has 7 heteroatoms. The van der Waals surface area contributed by atoms with Gasteiger partial charge in [0, 0.05) is 13.1 Å². The van der Waals surface area contributed by atoms with E-state index in [0.29, 0.717) is 18.0 Å². The van der Waals surface area contributed by atoms with Crippen LogP contribution in [0.3, 0.4) is 0 Å². The first kappa shape index (κ1) is 21.5. The Hall–Kier alpha value is -2.77. The molecule has 1 heterocycles. The topological polar surface area (TPSA) is 78.0 Å². The van der Waals surface area contributed by atoms with Gasteiger partial charge in [0.25, 0.3) is 0 Å². The van der Waals surface area contributed by atoms with Gasteiger partial charge in [0.05, 0.1) is 49.9 Å². The number of hydrogen-bond acceptors (Lipinski definition) is 7. The number of carbonyl (C=O) groups excluding carboxylic acids is 2. The SMILES string of the molecule is COC(=O)c1cc(C(=O)OC)c(COCCN(C)Cc2ccccc2)nc1C. The van der Waals surface area contributed by atoms with Gasteiger partial charge in [-0.2, -0.15) is 0 Å². The molecule has 0 N–H and O–H groups in total. The maximum Gasteiger partial charge on any atom is 0.339 e. The van der Waals surface area contributed by atoms with Gasteiger partial charge >= 0.3 is 11.9 Å². The average molecular weight is 386 g/mol. The molecule has 0 saturated carbocycles. The minimum absolute atomic E-state index is 0.145. The van der Waals surface area contributed by atoms with Crippen LogP contribution in [0.25, 0.3) is 0 Å². The standard InChI is InChI=1S/C21H26N2O5/c1-15-17(20(24)26-3)12-18(21(25)27-4)19(22-15)14-28-11-10-23(2)13-16-8-6-5-7-9-16/h5-9,12H,10-11,13-14H2,1-4H3. The summed E-state index contributed by atoms with van der Waals surface area (Å²) in [6, 6.07) is 11.6. The summed E-state index contributed by atoms with van der Waals surface area (Å²) in [6.07, 6.45) is 0. The predicted octanol–water partition coefficient (Wildman–Crippen LogP) is 2.61. The molecule has 0 atom stereocenters. The van der Waals surface area contributed by atoms with Gasteiger partial charge in [0.1, 0.15) is 0 Å². The van der Waals surface area contributed by atoms with Crippen molar-refractivity contribution in [1.29, 1.82) is 0 Å². The fourth-order valence-electron chi connectivity index (χ4n) is 2.73. The number of methoxy groups -OCH3 is 2. The van der Waals surface area contributed by atoms with Gasteiger partial charge in [-0.15, -0.1) is 0 Å². The van der Waals surface area contributed by atoms with Crippen molar-refractivity contribution in [2.45, 2.75) is 20.1 Å². The van der Waals surface area contributed by atoms with Gasteiger partial charge in [-0.1, -0.05) is 30.3 Å². The molecule has 0 spiro atoms. The molecular formula is C21H26N2O5. The van der Waals surface area contributed by atoms with Crippen molar-refractivity contribution in [3.63, 3.8) is 0 Å². The molecule has 2 rings (SSSR count). The smallest absolute Gasteiger partial charge is 0.339 e. The molecule has 0 fully saturated rings. The van der Waals surface area contributed by atoms with Gasteiger partial charge in [0.15, 0.2) is 0 Å². The molecule has 0 amide bonds. The fraction of sp³-hybridized carbons (Fsp3) is 0.381. The normalized spacial score (nSPS) is 10.8. The summed E-state index contributed by atoms with van der Waals surface area (Å²) in [5.41, 5.74) is 2.57. The number of rotatable bonds is 9. The van der Waals surface area contributed by atoms with Crippen LogP contribution in [0.4, 0.5) is 0 Å². The molecule has 0 aliphatic heterocycles. The molecule has 1 aromatic carbocycles. The monoisotopic (exact) mass is 386 g/mol. The van der Waals surface area contributed by atoms with Crippen molar-refractivity contribution in [3.8, 4) is 0 Å². The summed E-state index contributed by atoms with van der Waals surface area (Å²) in [6.45, 7) is 3.85. The number of pyridine rings is 1. The van der Waals surface area contributed by atoms with Crippen LogP contribution >= 0.6 is 0 Å². The first-order valence-corrected chi connectivity index (χ1v) is 8.93. The first-order chi connectivity index (χ1) is 13.5. The van der Waals surface area contributed by atoms with Crippen molar-refractivity contribution in [1.82, 2.24) is 9.88 Å². The zero-order valence-corrected chi connectivity index (χ0v) is 16.7. The van der Waals surface area contributed by atoms with Crippen LogP contribution in [0.1, 0.15) is 37.7 Å². The van der Waals surface area contributed by atoms with Crippen LogP contribution in [0.2, 0.25) is 0 Å². The first-order valence-electron chi connectivity index (χ1n) is 8.93. The van der Waals surface area contributed by atoms with E-state index in [2.05, 4.69) is 22.0 Å². The third-order valence-corrected chi connectivity index (χ3v) is 4.25. The molecule has 0 radical (unpaired) electrons. The molecule has 0 saturated heterocycles. The van der Waals surface area contributed by atoms with Crippen LogP contribution in [-0.2, 0) is 27.4 Å². The van der Waals surface area contributed by atoms with Crippen LogP contribution in [0.15, 0.2) is 36.4 Å². The maximum absolute atomic E-state index is 12.1. The van der Waals surface area contributed by atoms with Crippen molar-refractivity contribution >= 4 is 11.9 Å². The second-order valence-corrected chi connectivity index (χ2v) is 6.37. The molecule has 0 unspecified atom stereocenters. The van der Waals surface area contributed by atoms with E-state index in [9.17, 15) is 9.59 Å². The van der Waals surface area contributed by atoms with E-state index in [1.807, 2.05) is 25.2 Å². The molecule has 0 aliphatic carbocycles. The molecular weight excluding hydrogens is 360 g/mol. The Morgan fingerprint density at radius 2 is 1.68 bits per heavy atom. The highest BCUT2D eigenvalue weighted by molar-refractivity contribution is 5.96. The summed E-state index contributed by atoms with van der Waals surface area (Å²) >= 11 is 0.